The molecule has 2 aromatic carbocycles. The summed E-state index contributed by atoms with van der Waals surface area (Å²) in [6.07, 6.45) is 0. The van der Waals surface area contributed by atoms with Gasteiger partial charge in [-0.05, 0) is 35.4 Å². The summed E-state index contributed by atoms with van der Waals surface area (Å²) >= 11 is 5.94. The lowest BCUT2D eigenvalue weighted by atomic mass is 10.1. The average molecular weight is 324 g/mol. The summed E-state index contributed by atoms with van der Waals surface area (Å²) in [7, 11) is -3.51. The summed E-state index contributed by atoms with van der Waals surface area (Å²) in [6.45, 7) is 0. The number of nitriles is 1. The van der Waals surface area contributed by atoms with Crippen LogP contribution in [0.5, 0.6) is 0 Å². The van der Waals surface area contributed by atoms with Crippen molar-refractivity contribution >= 4 is 21.4 Å². The van der Waals surface area contributed by atoms with Crippen LogP contribution in [0.1, 0.15) is 16.7 Å². The highest BCUT2D eigenvalue weighted by Crippen LogP contribution is 2.20. The Morgan fingerprint density at radius 2 is 1.86 bits per heavy atom. The second-order valence-corrected chi connectivity index (χ2v) is 7.06. The van der Waals surface area contributed by atoms with E-state index in [2.05, 4.69) is 0 Å². The second kappa shape index (κ2) is 6.25. The van der Waals surface area contributed by atoms with E-state index in [0.717, 1.165) is 12.1 Å². The molecule has 0 spiro atoms. The summed E-state index contributed by atoms with van der Waals surface area (Å²) < 4.78 is 37.7. The van der Waals surface area contributed by atoms with Gasteiger partial charge in [0.05, 0.1) is 23.1 Å². The maximum atomic E-state index is 13.3. The molecule has 0 amide bonds. The SMILES string of the molecule is N#Cc1cc(F)cc(CS(=O)(=O)Cc2ccccc2Cl)c1. The highest BCUT2D eigenvalue weighted by atomic mass is 35.5. The predicted molar refractivity (Wildman–Crippen MR) is 78.9 cm³/mol. The molecular formula is C15H11ClFNO2S. The van der Waals surface area contributed by atoms with E-state index in [1.54, 1.807) is 30.3 Å². The van der Waals surface area contributed by atoms with E-state index in [1.165, 1.54) is 6.07 Å². The lowest BCUT2D eigenvalue weighted by Crippen LogP contribution is -2.08. The van der Waals surface area contributed by atoms with Crippen molar-refractivity contribution in [3.8, 4) is 6.07 Å². The molecule has 6 heteroatoms. The van der Waals surface area contributed by atoms with Gasteiger partial charge >= 0.3 is 0 Å². The Bertz CT molecular complexity index is 813. The van der Waals surface area contributed by atoms with E-state index in [9.17, 15) is 12.8 Å². The molecule has 21 heavy (non-hydrogen) atoms. The maximum Gasteiger partial charge on any atom is 0.158 e. The van der Waals surface area contributed by atoms with E-state index in [4.69, 9.17) is 16.9 Å². The Morgan fingerprint density at radius 1 is 1.14 bits per heavy atom. The zero-order chi connectivity index (χ0) is 15.5. The zero-order valence-corrected chi connectivity index (χ0v) is 12.5. The van der Waals surface area contributed by atoms with Crippen LogP contribution >= 0.6 is 11.6 Å². The fourth-order valence-electron chi connectivity index (χ4n) is 1.96. The molecule has 2 aromatic rings. The summed E-state index contributed by atoms with van der Waals surface area (Å²) in [5.41, 5.74) is 0.840. The molecule has 0 atom stereocenters. The Kier molecular flexibility index (Phi) is 4.61. The lowest BCUT2D eigenvalue weighted by Gasteiger charge is -2.07. The van der Waals surface area contributed by atoms with Crippen molar-refractivity contribution in [3.05, 3.63) is 70.0 Å². The van der Waals surface area contributed by atoms with E-state index in [-0.39, 0.29) is 22.6 Å². The van der Waals surface area contributed by atoms with Gasteiger partial charge in [0.25, 0.3) is 0 Å². The minimum Gasteiger partial charge on any atom is -0.228 e. The number of rotatable bonds is 4. The third-order valence-corrected chi connectivity index (χ3v) is 4.70. The number of nitrogens with zero attached hydrogens (tertiary/aromatic N) is 1. The van der Waals surface area contributed by atoms with Crippen molar-refractivity contribution in [2.24, 2.45) is 0 Å². The Labute approximate surface area is 127 Å². The van der Waals surface area contributed by atoms with Crippen molar-refractivity contribution in [2.75, 3.05) is 0 Å². The zero-order valence-electron chi connectivity index (χ0n) is 10.9. The summed E-state index contributed by atoms with van der Waals surface area (Å²) in [4.78, 5) is 0. The number of hydrogen-bond acceptors (Lipinski definition) is 3. The molecule has 0 aromatic heterocycles. The van der Waals surface area contributed by atoms with Crippen molar-refractivity contribution < 1.29 is 12.8 Å². The van der Waals surface area contributed by atoms with Gasteiger partial charge in [0.15, 0.2) is 9.84 Å². The topological polar surface area (TPSA) is 57.9 Å². The first-order valence-corrected chi connectivity index (χ1v) is 8.23. The molecule has 0 aliphatic heterocycles. The first kappa shape index (κ1) is 15.5. The van der Waals surface area contributed by atoms with Gasteiger partial charge in [-0.3, -0.25) is 0 Å². The number of benzene rings is 2. The molecule has 0 aliphatic rings. The summed E-state index contributed by atoms with van der Waals surface area (Å²) in [5.74, 6) is -1.20. The number of hydrogen-bond donors (Lipinski definition) is 0. The minimum atomic E-state index is -3.51. The second-order valence-electron chi connectivity index (χ2n) is 4.58. The van der Waals surface area contributed by atoms with Gasteiger partial charge in [0, 0.05) is 5.02 Å². The van der Waals surface area contributed by atoms with Crippen LogP contribution in [0.2, 0.25) is 5.02 Å². The van der Waals surface area contributed by atoms with Crippen LogP contribution in [-0.4, -0.2) is 8.42 Å². The molecule has 108 valence electrons. The monoisotopic (exact) mass is 323 g/mol. The smallest absolute Gasteiger partial charge is 0.158 e. The van der Waals surface area contributed by atoms with Crippen LogP contribution in [-0.2, 0) is 21.3 Å². The maximum absolute atomic E-state index is 13.3. The highest BCUT2D eigenvalue weighted by Gasteiger charge is 2.16. The number of halogens is 2. The number of sulfone groups is 1. The van der Waals surface area contributed by atoms with Gasteiger partial charge in [0.2, 0.25) is 0 Å². The lowest BCUT2D eigenvalue weighted by molar-refractivity contribution is 0.594. The minimum absolute atomic E-state index is 0.0953. The fourth-order valence-corrected chi connectivity index (χ4v) is 3.74. The normalized spacial score (nSPS) is 11.1. The molecule has 0 fully saturated rings. The quantitative estimate of drug-likeness (QED) is 0.865. The van der Waals surface area contributed by atoms with Crippen LogP contribution in [0, 0.1) is 17.1 Å². The summed E-state index contributed by atoms with van der Waals surface area (Å²) in [6, 6.07) is 12.0. The van der Waals surface area contributed by atoms with Gasteiger partial charge in [-0.15, -0.1) is 0 Å². The fraction of sp³-hybridized carbons (Fsp3) is 0.133. The molecule has 0 bridgehead atoms. The van der Waals surface area contributed by atoms with E-state index in [1.807, 2.05) is 0 Å². The average Bonchev–Trinajstić information content (AvgIpc) is 2.40. The molecule has 2 rings (SSSR count). The molecule has 0 unspecified atom stereocenters. The largest absolute Gasteiger partial charge is 0.228 e. The van der Waals surface area contributed by atoms with Crippen molar-refractivity contribution in [1.82, 2.24) is 0 Å². The van der Waals surface area contributed by atoms with Crippen molar-refractivity contribution in [2.45, 2.75) is 11.5 Å². The van der Waals surface area contributed by atoms with E-state index >= 15 is 0 Å². The van der Waals surface area contributed by atoms with Crippen molar-refractivity contribution in [3.63, 3.8) is 0 Å². The third kappa shape index (κ3) is 4.28. The molecule has 0 N–H and O–H groups in total. The van der Waals surface area contributed by atoms with Gasteiger partial charge in [-0.2, -0.15) is 5.26 Å². The highest BCUT2D eigenvalue weighted by molar-refractivity contribution is 7.89. The summed E-state index contributed by atoms with van der Waals surface area (Å²) in [5, 5.41) is 9.15. The van der Waals surface area contributed by atoms with Crippen molar-refractivity contribution in [1.29, 1.82) is 5.26 Å². The van der Waals surface area contributed by atoms with Crippen LogP contribution < -0.4 is 0 Å². The molecule has 0 heterocycles. The molecule has 0 saturated heterocycles. The third-order valence-electron chi connectivity index (χ3n) is 2.81. The molecular weight excluding hydrogens is 313 g/mol. The van der Waals surface area contributed by atoms with Gasteiger partial charge in [-0.1, -0.05) is 29.8 Å². The first-order valence-electron chi connectivity index (χ1n) is 6.03. The first-order chi connectivity index (χ1) is 9.89. The Hall–Kier alpha value is -1.90. The molecule has 0 radical (unpaired) electrons. The van der Waals surface area contributed by atoms with Gasteiger partial charge < -0.3 is 0 Å². The van der Waals surface area contributed by atoms with Crippen LogP contribution in [0.4, 0.5) is 4.39 Å². The van der Waals surface area contributed by atoms with E-state index in [0.29, 0.717) is 10.6 Å². The predicted octanol–water partition coefficient (Wildman–Crippen LogP) is 3.47. The van der Waals surface area contributed by atoms with Gasteiger partial charge in [-0.25, -0.2) is 12.8 Å². The van der Waals surface area contributed by atoms with Crippen LogP contribution in [0.25, 0.3) is 0 Å². The van der Waals surface area contributed by atoms with Crippen LogP contribution in [0.3, 0.4) is 0 Å². The Balaban J connectivity index is 2.24. The van der Waals surface area contributed by atoms with Crippen LogP contribution in [0.15, 0.2) is 42.5 Å². The van der Waals surface area contributed by atoms with Gasteiger partial charge in [0.1, 0.15) is 5.82 Å². The van der Waals surface area contributed by atoms with E-state index < -0.39 is 15.7 Å². The standard InChI is InChI=1S/C15H11ClFNO2S/c16-15-4-2-1-3-13(15)10-21(19,20)9-12-5-11(8-18)6-14(17)7-12/h1-7H,9-10H2. The molecule has 0 saturated carbocycles. The molecule has 3 nitrogen and oxygen atoms in total. The molecule has 0 aliphatic carbocycles. The Morgan fingerprint density at radius 3 is 2.52 bits per heavy atom.